The van der Waals surface area contributed by atoms with Gasteiger partial charge in [-0.15, -0.1) is 0 Å². The first-order valence-electron chi connectivity index (χ1n) is 9.85. The molecule has 13 nitrogen and oxygen atoms in total. The number of rotatable bonds is 8. The van der Waals surface area contributed by atoms with Crippen LogP contribution in [0.5, 0.6) is 0 Å². The lowest BCUT2D eigenvalue weighted by Gasteiger charge is -2.46. The molecule has 0 aromatic heterocycles. The predicted octanol–water partition coefficient (Wildman–Crippen LogP) is -3.48. The van der Waals surface area contributed by atoms with Gasteiger partial charge in [-0.25, -0.2) is 0 Å². The highest BCUT2D eigenvalue weighted by atomic mass is 16.7. The summed E-state index contributed by atoms with van der Waals surface area (Å²) in [6, 6.07) is 0. The zero-order valence-electron chi connectivity index (χ0n) is 17.1. The Hall–Kier alpha value is -1.42. The zero-order valence-corrected chi connectivity index (χ0v) is 17.1. The summed E-state index contributed by atoms with van der Waals surface area (Å²) in [5.41, 5.74) is 0. The van der Waals surface area contributed by atoms with E-state index in [0.717, 1.165) is 13.8 Å². The molecule has 13 heteroatoms. The molecule has 0 aromatic rings. The molecule has 0 unspecified atom stereocenters. The van der Waals surface area contributed by atoms with Crippen LogP contribution in [-0.4, -0.2) is 117 Å². The Morgan fingerprint density at radius 2 is 1.26 bits per heavy atom. The smallest absolute Gasteiger partial charge is 0.303 e. The topological polar surface area (TPSA) is 202 Å². The SMILES string of the molecule is CC(=O)O[C@@H]1[C@H](O[C@H]2[C@H](O)[C@@H](CCO)O[C@@H](O)[C@H]2OC(C)=O)O[C@H](CCO)[C@@H](O)[C@@H]1O. The van der Waals surface area contributed by atoms with E-state index in [9.17, 15) is 40.2 Å². The number of aliphatic hydroxyl groups excluding tert-OH is 6. The third-order valence-electron chi connectivity index (χ3n) is 5.00. The van der Waals surface area contributed by atoms with Crippen molar-refractivity contribution in [3.8, 4) is 0 Å². The average molecular weight is 454 g/mol. The molecule has 2 aliphatic heterocycles. The Morgan fingerprint density at radius 3 is 1.77 bits per heavy atom. The van der Waals surface area contributed by atoms with Crippen molar-refractivity contribution in [2.75, 3.05) is 13.2 Å². The Morgan fingerprint density at radius 1 is 0.742 bits per heavy atom. The summed E-state index contributed by atoms with van der Waals surface area (Å²) in [4.78, 5) is 23.0. The average Bonchev–Trinajstić information content (AvgIpc) is 2.69. The lowest BCUT2D eigenvalue weighted by atomic mass is 9.94. The molecule has 31 heavy (non-hydrogen) atoms. The fourth-order valence-corrected chi connectivity index (χ4v) is 3.60. The van der Waals surface area contributed by atoms with Crippen molar-refractivity contribution < 1.29 is 63.9 Å². The van der Waals surface area contributed by atoms with Crippen molar-refractivity contribution in [2.24, 2.45) is 0 Å². The summed E-state index contributed by atoms with van der Waals surface area (Å²) < 4.78 is 26.5. The Labute approximate surface area is 178 Å². The van der Waals surface area contributed by atoms with E-state index >= 15 is 0 Å². The molecular weight excluding hydrogens is 424 g/mol. The van der Waals surface area contributed by atoms with Crippen molar-refractivity contribution in [3.05, 3.63) is 0 Å². The van der Waals surface area contributed by atoms with Crippen LogP contribution in [0.2, 0.25) is 0 Å². The van der Waals surface area contributed by atoms with Crippen molar-refractivity contribution in [1.82, 2.24) is 0 Å². The molecule has 0 bridgehead atoms. The number of carbonyl (C=O) groups is 2. The molecule has 2 aliphatic rings. The van der Waals surface area contributed by atoms with Gasteiger partial charge in [-0.05, 0) is 12.8 Å². The minimum Gasteiger partial charge on any atom is -0.454 e. The molecule has 0 saturated carbocycles. The second kappa shape index (κ2) is 11.4. The van der Waals surface area contributed by atoms with Crippen LogP contribution in [0, 0.1) is 0 Å². The normalized spacial score (nSPS) is 40.9. The maximum absolute atomic E-state index is 11.5. The lowest BCUT2D eigenvalue weighted by Crippen LogP contribution is -2.65. The monoisotopic (exact) mass is 454 g/mol. The third-order valence-corrected chi connectivity index (χ3v) is 5.00. The van der Waals surface area contributed by atoms with Gasteiger partial charge in [-0.3, -0.25) is 9.59 Å². The number of aliphatic hydroxyl groups is 6. The first-order chi connectivity index (χ1) is 14.6. The van der Waals surface area contributed by atoms with Crippen molar-refractivity contribution in [1.29, 1.82) is 0 Å². The molecule has 0 spiro atoms. The van der Waals surface area contributed by atoms with Crippen LogP contribution < -0.4 is 0 Å². The highest BCUT2D eigenvalue weighted by Gasteiger charge is 2.53. The van der Waals surface area contributed by atoms with E-state index in [1.807, 2.05) is 0 Å². The molecule has 0 aliphatic carbocycles. The van der Waals surface area contributed by atoms with Gasteiger partial charge < -0.3 is 54.3 Å². The maximum Gasteiger partial charge on any atom is 0.303 e. The van der Waals surface area contributed by atoms with Gasteiger partial charge in [0.2, 0.25) is 0 Å². The number of hydrogen-bond acceptors (Lipinski definition) is 13. The van der Waals surface area contributed by atoms with E-state index in [1.165, 1.54) is 0 Å². The predicted molar refractivity (Wildman–Crippen MR) is 96.9 cm³/mol. The van der Waals surface area contributed by atoms with Gasteiger partial charge in [-0.1, -0.05) is 0 Å². The van der Waals surface area contributed by atoms with Crippen LogP contribution >= 0.6 is 0 Å². The molecule has 0 amide bonds. The van der Waals surface area contributed by atoms with Gasteiger partial charge in [-0.2, -0.15) is 0 Å². The lowest BCUT2D eigenvalue weighted by molar-refractivity contribution is -0.354. The largest absolute Gasteiger partial charge is 0.454 e. The highest BCUT2D eigenvalue weighted by molar-refractivity contribution is 5.66. The third kappa shape index (κ3) is 6.31. The quantitative estimate of drug-likeness (QED) is 0.198. The van der Waals surface area contributed by atoms with Gasteiger partial charge in [0, 0.05) is 27.1 Å². The van der Waals surface area contributed by atoms with Crippen molar-refractivity contribution in [3.63, 3.8) is 0 Å². The van der Waals surface area contributed by atoms with Crippen LogP contribution in [0.15, 0.2) is 0 Å². The Bertz CT molecular complexity index is 601. The second-order valence-corrected chi connectivity index (χ2v) is 7.35. The minimum absolute atomic E-state index is 0.0851. The number of ether oxygens (including phenoxy) is 5. The van der Waals surface area contributed by atoms with Gasteiger partial charge in [0.25, 0.3) is 0 Å². The molecule has 2 heterocycles. The van der Waals surface area contributed by atoms with Crippen molar-refractivity contribution >= 4 is 11.9 Å². The number of carbonyl (C=O) groups excluding carboxylic acids is 2. The fourth-order valence-electron chi connectivity index (χ4n) is 3.60. The number of esters is 2. The van der Waals surface area contributed by atoms with E-state index in [-0.39, 0.29) is 19.4 Å². The van der Waals surface area contributed by atoms with E-state index in [1.54, 1.807) is 0 Å². The zero-order chi connectivity index (χ0) is 23.3. The summed E-state index contributed by atoms with van der Waals surface area (Å²) in [5, 5.41) is 59.9. The molecule has 0 aromatic carbocycles. The van der Waals surface area contributed by atoms with Crippen LogP contribution in [0.1, 0.15) is 26.7 Å². The summed E-state index contributed by atoms with van der Waals surface area (Å²) >= 11 is 0. The number of hydrogen-bond donors (Lipinski definition) is 6. The fraction of sp³-hybridized carbons (Fsp3) is 0.889. The Balaban J connectivity index is 2.33. The minimum atomic E-state index is -1.73. The second-order valence-electron chi connectivity index (χ2n) is 7.35. The van der Waals surface area contributed by atoms with Crippen LogP contribution in [0.25, 0.3) is 0 Å². The van der Waals surface area contributed by atoms with E-state index < -0.39 is 80.0 Å². The summed E-state index contributed by atoms with van der Waals surface area (Å²) in [7, 11) is 0. The van der Waals surface area contributed by atoms with Crippen LogP contribution in [0.4, 0.5) is 0 Å². The van der Waals surface area contributed by atoms with Crippen molar-refractivity contribution in [2.45, 2.75) is 88.1 Å². The van der Waals surface area contributed by atoms with Gasteiger partial charge >= 0.3 is 11.9 Å². The van der Waals surface area contributed by atoms with E-state index in [4.69, 9.17) is 23.7 Å². The first-order valence-corrected chi connectivity index (χ1v) is 9.85. The standard InChI is InChI=1S/C18H30O13/c1-7(21)27-15-13(25)11(23)9(3-5-19)30-18(15)31-14-12(24)10(4-6-20)29-17(26)16(14)28-8(2)22/h9-20,23-26H,3-6H2,1-2H3/t9-,10-,11-,12-,13+,14+,15+,16+,17-,18+/m1/s1. The molecule has 2 fully saturated rings. The van der Waals surface area contributed by atoms with Gasteiger partial charge in [0.1, 0.15) is 24.4 Å². The molecular formula is C18H30O13. The van der Waals surface area contributed by atoms with E-state index in [2.05, 4.69) is 0 Å². The van der Waals surface area contributed by atoms with Gasteiger partial charge in [0.05, 0.1) is 12.2 Å². The van der Waals surface area contributed by atoms with Crippen LogP contribution in [0.3, 0.4) is 0 Å². The molecule has 6 N–H and O–H groups in total. The summed E-state index contributed by atoms with van der Waals surface area (Å²) in [6.45, 7) is 1.33. The Kier molecular flexibility index (Phi) is 9.54. The summed E-state index contributed by atoms with van der Waals surface area (Å²) in [6.07, 6.45) is -14.9. The summed E-state index contributed by atoms with van der Waals surface area (Å²) in [5.74, 6) is -1.64. The van der Waals surface area contributed by atoms with Gasteiger partial charge in [0.15, 0.2) is 24.8 Å². The first kappa shape index (κ1) is 25.8. The van der Waals surface area contributed by atoms with Crippen LogP contribution in [-0.2, 0) is 33.3 Å². The highest BCUT2D eigenvalue weighted by Crippen LogP contribution is 2.32. The molecule has 10 atom stereocenters. The molecule has 2 saturated heterocycles. The molecule has 0 radical (unpaired) electrons. The molecule has 180 valence electrons. The van der Waals surface area contributed by atoms with E-state index in [0.29, 0.717) is 0 Å². The molecule has 2 rings (SSSR count). The maximum atomic E-state index is 11.5.